The van der Waals surface area contributed by atoms with E-state index in [1.807, 2.05) is 18.2 Å². The molecule has 22 heavy (non-hydrogen) atoms. The van der Waals surface area contributed by atoms with Gasteiger partial charge in [0.15, 0.2) is 0 Å². The summed E-state index contributed by atoms with van der Waals surface area (Å²) in [6.07, 6.45) is 0. The summed E-state index contributed by atoms with van der Waals surface area (Å²) in [4.78, 5) is 2.31. The van der Waals surface area contributed by atoms with Gasteiger partial charge in [0.2, 0.25) is 0 Å². The van der Waals surface area contributed by atoms with Crippen LogP contribution in [0.15, 0.2) is 54.6 Å². The summed E-state index contributed by atoms with van der Waals surface area (Å²) in [5.41, 5.74) is 8.05. The van der Waals surface area contributed by atoms with Gasteiger partial charge < -0.3 is 5.73 Å². The zero-order valence-electron chi connectivity index (χ0n) is 12.5. The van der Waals surface area contributed by atoms with Gasteiger partial charge in [-0.2, -0.15) is 0 Å². The maximum absolute atomic E-state index is 13.8. The van der Waals surface area contributed by atoms with Crippen molar-refractivity contribution in [2.75, 3.05) is 19.6 Å². The van der Waals surface area contributed by atoms with Crippen molar-refractivity contribution in [3.63, 3.8) is 0 Å². The topological polar surface area (TPSA) is 29.3 Å². The molecule has 0 spiro atoms. The Morgan fingerprint density at radius 2 is 1.68 bits per heavy atom. The molecule has 1 fully saturated rings. The van der Waals surface area contributed by atoms with Crippen LogP contribution in [0.5, 0.6) is 0 Å². The molecule has 1 heterocycles. The second-order valence-corrected chi connectivity index (χ2v) is 5.80. The predicted octanol–water partition coefficient (Wildman–Crippen LogP) is 3.42. The van der Waals surface area contributed by atoms with Crippen LogP contribution in [-0.2, 0) is 6.54 Å². The fourth-order valence-corrected chi connectivity index (χ4v) is 3.27. The van der Waals surface area contributed by atoms with Crippen LogP contribution in [0.3, 0.4) is 0 Å². The molecule has 4 heteroatoms. The second-order valence-electron chi connectivity index (χ2n) is 5.80. The number of hydrogen-bond donors (Lipinski definition) is 1. The third-order valence-electron chi connectivity index (χ3n) is 4.40. The molecule has 0 amide bonds. The molecule has 0 bridgehead atoms. The molecule has 0 aromatic heterocycles. The van der Waals surface area contributed by atoms with Gasteiger partial charge in [-0.1, -0.05) is 48.5 Å². The standard InChI is InChI=1S/C18H21FN2.ClH/c19-18-9-5-4-8-15(18)11-21-12-16(10-20)17(13-21)14-6-2-1-3-7-14;/h1-9,16-17H,10-13,20H2;1H/t16-,17+;/m1./s1. The van der Waals surface area contributed by atoms with Crippen LogP contribution < -0.4 is 5.73 Å². The molecule has 1 aliphatic rings. The minimum atomic E-state index is -0.120. The van der Waals surface area contributed by atoms with E-state index < -0.39 is 0 Å². The Hall–Kier alpha value is -1.42. The molecule has 1 aliphatic heterocycles. The van der Waals surface area contributed by atoms with E-state index in [2.05, 4.69) is 29.2 Å². The van der Waals surface area contributed by atoms with Crippen LogP contribution in [0.2, 0.25) is 0 Å². The minimum Gasteiger partial charge on any atom is -0.330 e. The van der Waals surface area contributed by atoms with Gasteiger partial charge in [-0.05, 0) is 24.1 Å². The second kappa shape index (κ2) is 7.73. The average molecular weight is 321 g/mol. The van der Waals surface area contributed by atoms with Gasteiger partial charge in [-0.3, -0.25) is 4.90 Å². The molecule has 2 nitrogen and oxygen atoms in total. The van der Waals surface area contributed by atoms with Crippen LogP contribution in [0, 0.1) is 11.7 Å². The van der Waals surface area contributed by atoms with Crippen molar-refractivity contribution < 1.29 is 4.39 Å². The number of rotatable bonds is 4. The van der Waals surface area contributed by atoms with E-state index in [0.29, 0.717) is 24.9 Å². The zero-order valence-corrected chi connectivity index (χ0v) is 13.3. The molecule has 0 aliphatic carbocycles. The summed E-state index contributed by atoms with van der Waals surface area (Å²) in [6.45, 7) is 3.21. The molecule has 3 rings (SSSR count). The van der Waals surface area contributed by atoms with Crippen molar-refractivity contribution in [3.05, 3.63) is 71.5 Å². The fraction of sp³-hybridized carbons (Fsp3) is 0.333. The lowest BCUT2D eigenvalue weighted by molar-refractivity contribution is 0.311. The first-order valence-electron chi connectivity index (χ1n) is 7.48. The molecule has 2 aromatic rings. The van der Waals surface area contributed by atoms with E-state index in [4.69, 9.17) is 5.73 Å². The Kier molecular flexibility index (Phi) is 5.95. The molecular weight excluding hydrogens is 299 g/mol. The lowest BCUT2D eigenvalue weighted by atomic mass is 9.89. The summed E-state index contributed by atoms with van der Waals surface area (Å²) < 4.78 is 13.8. The predicted molar refractivity (Wildman–Crippen MR) is 90.7 cm³/mol. The average Bonchev–Trinajstić information content (AvgIpc) is 2.93. The van der Waals surface area contributed by atoms with E-state index in [1.54, 1.807) is 6.07 Å². The Balaban J connectivity index is 0.00000176. The maximum Gasteiger partial charge on any atom is 0.127 e. The van der Waals surface area contributed by atoms with E-state index in [-0.39, 0.29) is 18.2 Å². The first-order valence-corrected chi connectivity index (χ1v) is 7.48. The lowest BCUT2D eigenvalue weighted by Gasteiger charge is -2.17. The summed E-state index contributed by atoms with van der Waals surface area (Å²) >= 11 is 0. The highest BCUT2D eigenvalue weighted by atomic mass is 35.5. The van der Waals surface area contributed by atoms with E-state index in [9.17, 15) is 4.39 Å². The molecule has 2 aromatic carbocycles. The quantitative estimate of drug-likeness (QED) is 0.935. The molecule has 118 valence electrons. The molecule has 0 unspecified atom stereocenters. The van der Waals surface area contributed by atoms with Gasteiger partial charge in [0.1, 0.15) is 5.82 Å². The highest BCUT2D eigenvalue weighted by Gasteiger charge is 2.32. The molecular formula is C18H22ClFN2. The molecule has 2 N–H and O–H groups in total. The molecule has 1 saturated heterocycles. The number of benzene rings is 2. The first-order chi connectivity index (χ1) is 10.3. The van der Waals surface area contributed by atoms with Crippen molar-refractivity contribution >= 4 is 12.4 Å². The number of nitrogens with zero attached hydrogens (tertiary/aromatic N) is 1. The van der Waals surface area contributed by atoms with Gasteiger partial charge in [-0.25, -0.2) is 4.39 Å². The Morgan fingerprint density at radius 1 is 1.00 bits per heavy atom. The normalized spacial score (nSPS) is 21.5. The zero-order chi connectivity index (χ0) is 14.7. The number of halogens is 2. The highest BCUT2D eigenvalue weighted by molar-refractivity contribution is 5.85. The van der Waals surface area contributed by atoms with Crippen molar-refractivity contribution in [2.45, 2.75) is 12.5 Å². The molecule has 2 atom stereocenters. The molecule has 0 radical (unpaired) electrons. The smallest absolute Gasteiger partial charge is 0.127 e. The van der Waals surface area contributed by atoms with Gasteiger partial charge in [-0.15, -0.1) is 12.4 Å². The van der Waals surface area contributed by atoms with Crippen molar-refractivity contribution in [3.8, 4) is 0 Å². The fourth-order valence-electron chi connectivity index (χ4n) is 3.27. The van der Waals surface area contributed by atoms with Gasteiger partial charge >= 0.3 is 0 Å². The summed E-state index contributed by atoms with van der Waals surface area (Å²) in [5.74, 6) is 0.770. The molecule has 0 saturated carbocycles. The highest BCUT2D eigenvalue weighted by Crippen LogP contribution is 2.32. The number of nitrogens with two attached hydrogens (primary N) is 1. The summed E-state index contributed by atoms with van der Waals surface area (Å²) in [6, 6.07) is 17.5. The maximum atomic E-state index is 13.8. The van der Waals surface area contributed by atoms with E-state index in [0.717, 1.165) is 18.7 Å². The van der Waals surface area contributed by atoms with E-state index in [1.165, 1.54) is 11.6 Å². The summed E-state index contributed by atoms with van der Waals surface area (Å²) in [7, 11) is 0. The minimum absolute atomic E-state index is 0. The van der Waals surface area contributed by atoms with Crippen LogP contribution in [0.25, 0.3) is 0 Å². The summed E-state index contributed by atoms with van der Waals surface area (Å²) in [5, 5.41) is 0. The van der Waals surface area contributed by atoms with Gasteiger partial charge in [0, 0.05) is 31.1 Å². The van der Waals surface area contributed by atoms with Crippen molar-refractivity contribution in [2.24, 2.45) is 11.7 Å². The third kappa shape index (κ3) is 3.67. The van der Waals surface area contributed by atoms with Gasteiger partial charge in [0.25, 0.3) is 0 Å². The number of likely N-dealkylation sites (tertiary alicyclic amines) is 1. The van der Waals surface area contributed by atoms with Crippen LogP contribution >= 0.6 is 12.4 Å². The Morgan fingerprint density at radius 3 is 2.36 bits per heavy atom. The third-order valence-corrected chi connectivity index (χ3v) is 4.40. The van der Waals surface area contributed by atoms with Crippen LogP contribution in [-0.4, -0.2) is 24.5 Å². The Bertz CT molecular complexity index is 591. The first kappa shape index (κ1) is 16.9. The largest absolute Gasteiger partial charge is 0.330 e. The van der Waals surface area contributed by atoms with Crippen molar-refractivity contribution in [1.29, 1.82) is 0 Å². The lowest BCUT2D eigenvalue weighted by Crippen LogP contribution is -2.23. The number of hydrogen-bond acceptors (Lipinski definition) is 2. The van der Waals surface area contributed by atoms with Gasteiger partial charge in [0.05, 0.1) is 0 Å². The monoisotopic (exact) mass is 320 g/mol. The van der Waals surface area contributed by atoms with E-state index >= 15 is 0 Å². The Labute approximate surface area is 137 Å². The van der Waals surface area contributed by atoms with Crippen molar-refractivity contribution in [1.82, 2.24) is 4.90 Å². The van der Waals surface area contributed by atoms with Crippen LogP contribution in [0.4, 0.5) is 4.39 Å². The SMILES string of the molecule is Cl.NC[C@@H]1CN(Cc2ccccc2F)C[C@H]1c1ccccc1. The van der Waals surface area contributed by atoms with Crippen LogP contribution in [0.1, 0.15) is 17.0 Å².